The third kappa shape index (κ3) is 3.48. The Morgan fingerprint density at radius 3 is 2.43 bits per heavy atom. The maximum absolute atomic E-state index is 12.1. The van der Waals surface area contributed by atoms with Crippen molar-refractivity contribution in [1.29, 1.82) is 0 Å². The quantitative estimate of drug-likeness (QED) is 0.739. The van der Waals surface area contributed by atoms with Crippen molar-refractivity contribution >= 4 is 12.0 Å². The molecule has 2 fully saturated rings. The topological polar surface area (TPSA) is 87.7 Å². The molecule has 0 aromatic carbocycles. The van der Waals surface area contributed by atoms with Gasteiger partial charge < -0.3 is 20.5 Å². The van der Waals surface area contributed by atoms with E-state index in [1.807, 2.05) is 13.8 Å². The Morgan fingerprint density at radius 2 is 1.90 bits per heavy atom. The van der Waals surface area contributed by atoms with Crippen molar-refractivity contribution in [3.63, 3.8) is 0 Å². The summed E-state index contributed by atoms with van der Waals surface area (Å²) in [4.78, 5) is 23.6. The van der Waals surface area contributed by atoms with Gasteiger partial charge in [-0.1, -0.05) is 19.3 Å². The van der Waals surface area contributed by atoms with E-state index in [0.717, 1.165) is 25.7 Å². The van der Waals surface area contributed by atoms with Crippen molar-refractivity contribution in [3.05, 3.63) is 0 Å². The summed E-state index contributed by atoms with van der Waals surface area (Å²) in [5.41, 5.74) is -1.18. The molecule has 21 heavy (non-hydrogen) atoms. The minimum absolute atomic E-state index is 0.0358. The van der Waals surface area contributed by atoms with Gasteiger partial charge in [-0.05, 0) is 33.1 Å². The fourth-order valence-electron chi connectivity index (χ4n) is 3.25. The molecule has 0 radical (unpaired) electrons. The monoisotopic (exact) mass is 298 g/mol. The third-order valence-corrected chi connectivity index (χ3v) is 5.14. The number of hydrogen-bond acceptors (Lipinski definition) is 3. The van der Waals surface area contributed by atoms with E-state index >= 15 is 0 Å². The van der Waals surface area contributed by atoms with E-state index in [9.17, 15) is 14.7 Å². The number of nitrogens with one attached hydrogen (secondary N) is 2. The number of amides is 2. The van der Waals surface area contributed by atoms with Gasteiger partial charge in [0.1, 0.15) is 0 Å². The van der Waals surface area contributed by atoms with E-state index in [-0.39, 0.29) is 24.2 Å². The highest BCUT2D eigenvalue weighted by Crippen LogP contribution is 2.36. The zero-order chi connectivity index (χ0) is 15.5. The predicted molar refractivity (Wildman–Crippen MR) is 78.1 cm³/mol. The molecule has 2 atom stereocenters. The van der Waals surface area contributed by atoms with Gasteiger partial charge in [0.05, 0.1) is 17.1 Å². The largest absolute Gasteiger partial charge is 0.481 e. The van der Waals surface area contributed by atoms with E-state index in [1.54, 1.807) is 0 Å². The second kappa shape index (κ2) is 6.22. The minimum Gasteiger partial charge on any atom is -0.481 e. The van der Waals surface area contributed by atoms with Gasteiger partial charge in [0.15, 0.2) is 0 Å². The average Bonchev–Trinajstić information content (AvgIpc) is 2.77. The van der Waals surface area contributed by atoms with Crippen molar-refractivity contribution < 1.29 is 19.4 Å². The molecule has 1 aliphatic carbocycles. The average molecular weight is 298 g/mol. The SMILES string of the molecule is CC1OCCC1(C)NC(=O)NCC1(C(=O)O)CCCCC1. The molecular formula is C15H26N2O4. The second-order valence-corrected chi connectivity index (χ2v) is 6.63. The van der Waals surface area contributed by atoms with Gasteiger partial charge in [0.25, 0.3) is 0 Å². The maximum Gasteiger partial charge on any atom is 0.315 e. The van der Waals surface area contributed by atoms with Crippen molar-refractivity contribution in [1.82, 2.24) is 10.6 Å². The Labute approximate surface area is 125 Å². The first-order valence-corrected chi connectivity index (χ1v) is 7.79. The van der Waals surface area contributed by atoms with Gasteiger partial charge in [-0.25, -0.2) is 4.79 Å². The summed E-state index contributed by atoms with van der Waals surface area (Å²) in [5.74, 6) is -0.800. The number of urea groups is 1. The van der Waals surface area contributed by atoms with Gasteiger partial charge >= 0.3 is 12.0 Å². The standard InChI is InChI=1S/C15H26N2O4/c1-11-14(2,8-9-21-11)17-13(20)16-10-15(12(18)19)6-4-3-5-7-15/h11H,3-10H2,1-2H3,(H,18,19)(H2,16,17,20). The normalized spacial score (nSPS) is 31.6. The van der Waals surface area contributed by atoms with Crippen LogP contribution in [0.5, 0.6) is 0 Å². The lowest BCUT2D eigenvalue weighted by Crippen LogP contribution is -2.56. The number of carboxylic acids is 1. The third-order valence-electron chi connectivity index (χ3n) is 5.14. The van der Waals surface area contributed by atoms with Crippen LogP contribution in [0, 0.1) is 5.41 Å². The smallest absolute Gasteiger partial charge is 0.315 e. The Morgan fingerprint density at radius 1 is 1.24 bits per heavy atom. The highest BCUT2D eigenvalue weighted by Gasteiger charge is 2.41. The van der Waals surface area contributed by atoms with Gasteiger partial charge in [-0.2, -0.15) is 0 Å². The zero-order valence-corrected chi connectivity index (χ0v) is 12.9. The lowest BCUT2D eigenvalue weighted by atomic mass is 9.74. The summed E-state index contributed by atoms with van der Waals surface area (Å²) < 4.78 is 5.49. The van der Waals surface area contributed by atoms with Crippen molar-refractivity contribution in [2.24, 2.45) is 5.41 Å². The van der Waals surface area contributed by atoms with Crippen molar-refractivity contribution in [2.45, 2.75) is 64.0 Å². The van der Waals surface area contributed by atoms with E-state index in [2.05, 4.69) is 10.6 Å². The lowest BCUT2D eigenvalue weighted by Gasteiger charge is -2.34. The summed E-state index contributed by atoms with van der Waals surface area (Å²) in [6.07, 6.45) is 4.92. The fourth-order valence-corrected chi connectivity index (χ4v) is 3.25. The van der Waals surface area contributed by atoms with Crippen LogP contribution in [-0.2, 0) is 9.53 Å². The Kier molecular flexibility index (Phi) is 4.76. The van der Waals surface area contributed by atoms with Crippen LogP contribution in [-0.4, -0.2) is 41.9 Å². The summed E-state index contributed by atoms with van der Waals surface area (Å²) >= 11 is 0. The van der Waals surface area contributed by atoms with Crippen LogP contribution in [0.25, 0.3) is 0 Å². The van der Waals surface area contributed by atoms with Crippen LogP contribution in [0.15, 0.2) is 0 Å². The van der Waals surface area contributed by atoms with E-state index < -0.39 is 11.4 Å². The molecule has 6 nitrogen and oxygen atoms in total. The molecule has 2 rings (SSSR count). The lowest BCUT2D eigenvalue weighted by molar-refractivity contribution is -0.150. The van der Waals surface area contributed by atoms with Crippen molar-refractivity contribution in [2.75, 3.05) is 13.2 Å². The molecule has 1 heterocycles. The molecule has 3 N–H and O–H groups in total. The molecule has 120 valence electrons. The van der Waals surface area contributed by atoms with Gasteiger partial charge in [0, 0.05) is 13.2 Å². The predicted octanol–water partition coefficient (Wildman–Crippen LogP) is 1.89. The summed E-state index contributed by atoms with van der Waals surface area (Å²) in [7, 11) is 0. The first-order valence-electron chi connectivity index (χ1n) is 7.79. The molecule has 1 aliphatic heterocycles. The molecule has 0 spiro atoms. The van der Waals surface area contributed by atoms with Crippen LogP contribution >= 0.6 is 0 Å². The zero-order valence-electron chi connectivity index (χ0n) is 12.9. The molecule has 2 unspecified atom stereocenters. The van der Waals surface area contributed by atoms with Gasteiger partial charge in [0.2, 0.25) is 0 Å². The molecule has 2 aliphatic rings. The maximum atomic E-state index is 12.1. The molecular weight excluding hydrogens is 272 g/mol. The van der Waals surface area contributed by atoms with Crippen LogP contribution in [0.2, 0.25) is 0 Å². The van der Waals surface area contributed by atoms with Crippen LogP contribution < -0.4 is 10.6 Å². The number of carbonyl (C=O) groups is 2. The van der Waals surface area contributed by atoms with Gasteiger partial charge in [-0.3, -0.25) is 4.79 Å². The number of aliphatic carboxylic acids is 1. The molecule has 1 saturated carbocycles. The van der Waals surface area contributed by atoms with Crippen LogP contribution in [0.4, 0.5) is 4.79 Å². The Balaban J connectivity index is 1.89. The second-order valence-electron chi connectivity index (χ2n) is 6.63. The van der Waals surface area contributed by atoms with E-state index in [4.69, 9.17) is 4.74 Å². The van der Waals surface area contributed by atoms with E-state index in [1.165, 1.54) is 0 Å². The highest BCUT2D eigenvalue weighted by atomic mass is 16.5. The first-order chi connectivity index (χ1) is 9.88. The fraction of sp³-hybridized carbons (Fsp3) is 0.867. The van der Waals surface area contributed by atoms with E-state index in [0.29, 0.717) is 19.4 Å². The molecule has 1 saturated heterocycles. The first kappa shape index (κ1) is 16.1. The van der Waals surface area contributed by atoms with Crippen LogP contribution in [0.1, 0.15) is 52.4 Å². The Bertz CT molecular complexity index is 406. The molecule has 0 bridgehead atoms. The van der Waals surface area contributed by atoms with Gasteiger partial charge in [-0.15, -0.1) is 0 Å². The summed E-state index contributed by atoms with van der Waals surface area (Å²) in [5, 5.41) is 15.2. The van der Waals surface area contributed by atoms with Crippen molar-refractivity contribution in [3.8, 4) is 0 Å². The summed E-state index contributed by atoms with van der Waals surface area (Å²) in [6.45, 7) is 4.72. The number of carbonyl (C=O) groups excluding carboxylic acids is 1. The van der Waals surface area contributed by atoms with Crippen LogP contribution in [0.3, 0.4) is 0 Å². The Hall–Kier alpha value is -1.30. The molecule has 2 amide bonds. The summed E-state index contributed by atoms with van der Waals surface area (Å²) in [6, 6.07) is -0.305. The number of ether oxygens (including phenoxy) is 1. The number of carboxylic acid groups (broad SMARTS) is 1. The molecule has 6 heteroatoms. The number of rotatable bonds is 4. The highest BCUT2D eigenvalue weighted by molar-refractivity contribution is 5.78. The molecule has 0 aromatic heterocycles. The minimum atomic E-state index is -0.800. The number of hydrogen-bond donors (Lipinski definition) is 3. The molecule has 0 aromatic rings.